The van der Waals surface area contributed by atoms with Crippen molar-refractivity contribution in [1.82, 2.24) is 0 Å². The van der Waals surface area contributed by atoms with E-state index in [-0.39, 0.29) is 47.1 Å². The van der Waals surface area contributed by atoms with Gasteiger partial charge in [0.15, 0.2) is 23.0 Å². The van der Waals surface area contributed by atoms with Gasteiger partial charge in [-0.25, -0.2) is 0 Å². The number of hydrogen-bond donors (Lipinski definition) is 2. The Morgan fingerprint density at radius 1 is 0.805 bits per heavy atom. The van der Waals surface area contributed by atoms with Gasteiger partial charge in [0.1, 0.15) is 12.2 Å². The molecule has 2 N–H and O–H groups in total. The molecule has 0 heterocycles. The van der Waals surface area contributed by atoms with Crippen LogP contribution in [-0.4, -0.2) is 48.6 Å². The summed E-state index contributed by atoms with van der Waals surface area (Å²) in [6.45, 7) is 1.43. The first-order valence-electron chi connectivity index (χ1n) is 14.9. The van der Waals surface area contributed by atoms with E-state index >= 15 is 0 Å². The summed E-state index contributed by atoms with van der Waals surface area (Å²) in [4.78, 5) is 25.6. The number of methoxy groups -OCH3 is 2. The number of hydrogen-bond acceptors (Lipinski definition) is 8. The molecule has 2 saturated carbocycles. The molecule has 3 aliphatic carbocycles. The maximum absolute atomic E-state index is 13.3. The molecule has 41 heavy (non-hydrogen) atoms. The fourth-order valence-corrected chi connectivity index (χ4v) is 7.32. The monoisotopic (exact) mass is 566 g/mol. The second-order valence-corrected chi connectivity index (χ2v) is 12.0. The number of esters is 2. The summed E-state index contributed by atoms with van der Waals surface area (Å²) in [7, 11) is 3.07. The Morgan fingerprint density at radius 2 is 1.51 bits per heavy atom. The van der Waals surface area contributed by atoms with Gasteiger partial charge in [-0.2, -0.15) is 0 Å². The van der Waals surface area contributed by atoms with E-state index in [4.69, 9.17) is 18.9 Å². The Kier molecular flexibility index (Phi) is 8.95. The van der Waals surface area contributed by atoms with Gasteiger partial charge in [0, 0.05) is 19.3 Å². The topological polar surface area (TPSA) is 112 Å². The second kappa shape index (κ2) is 12.6. The predicted octanol–water partition coefficient (Wildman–Crippen LogP) is 5.84. The molecule has 2 aromatic rings. The quantitative estimate of drug-likeness (QED) is 0.420. The summed E-state index contributed by atoms with van der Waals surface area (Å²) in [5.74, 6) is 0.609. The number of carbonyl (C=O) groups is 2. The van der Waals surface area contributed by atoms with Gasteiger partial charge >= 0.3 is 11.9 Å². The zero-order valence-corrected chi connectivity index (χ0v) is 24.3. The van der Waals surface area contributed by atoms with E-state index in [0.29, 0.717) is 37.2 Å². The van der Waals surface area contributed by atoms with Crippen molar-refractivity contribution in [3.8, 4) is 23.0 Å². The summed E-state index contributed by atoms with van der Waals surface area (Å²) in [6, 6.07) is 9.10. The first kappa shape index (κ1) is 29.1. The van der Waals surface area contributed by atoms with Crippen molar-refractivity contribution in [2.24, 2.45) is 17.8 Å². The van der Waals surface area contributed by atoms with E-state index in [9.17, 15) is 19.8 Å². The van der Waals surface area contributed by atoms with E-state index in [0.717, 1.165) is 55.2 Å². The Balaban J connectivity index is 1.51. The standard InChI is InChI=1S/C33H42O8/c1-19(34)40-30-18-26(41-33(37)20-7-5-4-6-8-20)13-22(21-9-10-28(35)31(16-21)38-2)11-25-12-23-15-29(36)32(39-3)17-24(23)14-27(25)30/h9-10,15-17,20,22,25-27,30,35-36H,4-8,11-14,18H2,1-3H3. The van der Waals surface area contributed by atoms with Gasteiger partial charge in [-0.15, -0.1) is 0 Å². The van der Waals surface area contributed by atoms with Crippen molar-refractivity contribution < 1.29 is 38.7 Å². The van der Waals surface area contributed by atoms with Crippen LogP contribution in [0.4, 0.5) is 0 Å². The highest BCUT2D eigenvalue weighted by Crippen LogP contribution is 2.47. The highest BCUT2D eigenvalue weighted by Gasteiger charge is 2.42. The van der Waals surface area contributed by atoms with E-state index in [2.05, 4.69) is 0 Å². The van der Waals surface area contributed by atoms with Crippen molar-refractivity contribution >= 4 is 11.9 Å². The van der Waals surface area contributed by atoms with Crippen LogP contribution in [0.2, 0.25) is 0 Å². The summed E-state index contributed by atoms with van der Waals surface area (Å²) in [5.41, 5.74) is 3.14. The maximum Gasteiger partial charge on any atom is 0.309 e. The first-order valence-corrected chi connectivity index (χ1v) is 14.9. The van der Waals surface area contributed by atoms with E-state index in [1.54, 1.807) is 12.1 Å². The van der Waals surface area contributed by atoms with Gasteiger partial charge in [-0.3, -0.25) is 9.59 Å². The summed E-state index contributed by atoms with van der Waals surface area (Å²) in [6.07, 6.45) is 7.25. The molecule has 0 amide bonds. The van der Waals surface area contributed by atoms with Crippen molar-refractivity contribution in [1.29, 1.82) is 0 Å². The molecule has 5 atom stereocenters. The lowest BCUT2D eigenvalue weighted by Gasteiger charge is -2.43. The van der Waals surface area contributed by atoms with Crippen LogP contribution >= 0.6 is 0 Å². The molecular weight excluding hydrogens is 524 g/mol. The highest BCUT2D eigenvalue weighted by atomic mass is 16.6. The average Bonchev–Trinajstić information content (AvgIpc) is 2.95. The number of aromatic hydroxyl groups is 2. The third kappa shape index (κ3) is 6.57. The molecule has 0 aliphatic heterocycles. The Hall–Kier alpha value is -3.42. The van der Waals surface area contributed by atoms with Crippen LogP contribution in [0, 0.1) is 17.8 Å². The molecule has 2 fully saturated rings. The fourth-order valence-electron chi connectivity index (χ4n) is 7.32. The molecule has 0 spiro atoms. The molecule has 222 valence electrons. The number of ether oxygens (including phenoxy) is 4. The molecule has 0 saturated heterocycles. The minimum absolute atomic E-state index is 0.00154. The lowest BCUT2D eigenvalue weighted by molar-refractivity contribution is -0.163. The normalized spacial score (nSPS) is 26.5. The zero-order valence-electron chi connectivity index (χ0n) is 24.3. The number of rotatable bonds is 6. The lowest BCUT2D eigenvalue weighted by atomic mass is 9.66. The summed E-state index contributed by atoms with van der Waals surface area (Å²) < 4.78 is 23.0. The van der Waals surface area contributed by atoms with Crippen LogP contribution in [0.3, 0.4) is 0 Å². The smallest absolute Gasteiger partial charge is 0.309 e. The summed E-state index contributed by atoms with van der Waals surface area (Å²) >= 11 is 0. The van der Waals surface area contributed by atoms with Crippen LogP contribution in [0.1, 0.15) is 80.9 Å². The third-order valence-corrected chi connectivity index (χ3v) is 9.37. The second-order valence-electron chi connectivity index (χ2n) is 12.0. The maximum atomic E-state index is 13.3. The number of carbonyl (C=O) groups excluding carboxylic acids is 2. The number of phenols is 2. The van der Waals surface area contributed by atoms with Crippen LogP contribution < -0.4 is 9.47 Å². The SMILES string of the molecule is COc1cc(C2CC(OC(=O)C3CCCCC3)CC(OC(C)=O)C3Cc4cc(OC)c(O)cc4CC3C2)ccc1O. The minimum Gasteiger partial charge on any atom is -0.504 e. The van der Waals surface area contributed by atoms with Crippen LogP contribution in [0.5, 0.6) is 23.0 Å². The van der Waals surface area contributed by atoms with Crippen molar-refractivity contribution in [2.45, 2.75) is 89.3 Å². The average molecular weight is 567 g/mol. The highest BCUT2D eigenvalue weighted by molar-refractivity contribution is 5.72. The van der Waals surface area contributed by atoms with Crippen molar-refractivity contribution in [3.05, 3.63) is 47.0 Å². The lowest BCUT2D eigenvalue weighted by Crippen LogP contribution is -2.43. The van der Waals surface area contributed by atoms with E-state index < -0.39 is 12.2 Å². The van der Waals surface area contributed by atoms with Gasteiger partial charge in [0.2, 0.25) is 0 Å². The molecule has 8 nitrogen and oxygen atoms in total. The molecule has 0 aromatic heterocycles. The zero-order chi connectivity index (χ0) is 29.1. The fraction of sp³-hybridized carbons (Fsp3) is 0.576. The van der Waals surface area contributed by atoms with Gasteiger partial charge in [0.25, 0.3) is 0 Å². The van der Waals surface area contributed by atoms with Crippen LogP contribution in [-0.2, 0) is 31.9 Å². The number of fused-ring (bicyclic) bond motifs is 2. The van der Waals surface area contributed by atoms with Gasteiger partial charge in [-0.05, 0) is 91.3 Å². The van der Waals surface area contributed by atoms with E-state index in [1.807, 2.05) is 18.2 Å². The Bertz CT molecular complexity index is 1250. The van der Waals surface area contributed by atoms with E-state index in [1.165, 1.54) is 21.1 Å². The molecule has 0 radical (unpaired) electrons. The van der Waals surface area contributed by atoms with Gasteiger partial charge in [-0.1, -0.05) is 25.3 Å². The third-order valence-electron chi connectivity index (χ3n) is 9.37. The molecule has 5 rings (SSSR count). The largest absolute Gasteiger partial charge is 0.504 e. The van der Waals surface area contributed by atoms with Gasteiger partial charge in [0.05, 0.1) is 20.1 Å². The van der Waals surface area contributed by atoms with Crippen LogP contribution in [0.25, 0.3) is 0 Å². The molecule has 3 aliphatic rings. The molecule has 5 unspecified atom stereocenters. The minimum atomic E-state index is -0.421. The predicted molar refractivity (Wildman–Crippen MR) is 152 cm³/mol. The molecular formula is C33H42O8. The molecule has 2 aromatic carbocycles. The number of benzene rings is 2. The van der Waals surface area contributed by atoms with Crippen LogP contribution in [0.15, 0.2) is 30.3 Å². The molecule has 0 bridgehead atoms. The van der Waals surface area contributed by atoms with Crippen molar-refractivity contribution in [3.63, 3.8) is 0 Å². The summed E-state index contributed by atoms with van der Waals surface area (Å²) in [5, 5.41) is 20.7. The van der Waals surface area contributed by atoms with Crippen molar-refractivity contribution in [2.75, 3.05) is 14.2 Å². The number of phenolic OH excluding ortho intramolecular Hbond substituents is 2. The Labute approximate surface area is 242 Å². The Morgan fingerprint density at radius 3 is 2.22 bits per heavy atom. The van der Waals surface area contributed by atoms with Gasteiger partial charge < -0.3 is 29.2 Å². The molecule has 8 heteroatoms. The first-order chi connectivity index (χ1) is 19.7.